The van der Waals surface area contributed by atoms with Crippen LogP contribution in [-0.2, 0) is 14.8 Å². The first kappa shape index (κ1) is 14.5. The lowest BCUT2D eigenvalue weighted by Gasteiger charge is -2.20. The Bertz CT molecular complexity index is 859. The Kier molecular flexibility index (Phi) is 3.10. The lowest BCUT2D eigenvalue weighted by molar-refractivity contribution is -0.125. The Balaban J connectivity index is 1.58. The highest BCUT2D eigenvalue weighted by Gasteiger charge is 2.64. The number of aryl methyl sites for hydroxylation is 1. The number of hydrogen-bond acceptors (Lipinski definition) is 3. The highest BCUT2D eigenvalue weighted by Crippen LogP contribution is 2.59. The van der Waals surface area contributed by atoms with Crippen molar-refractivity contribution >= 4 is 15.9 Å². The Morgan fingerprint density at radius 2 is 1.61 bits per heavy atom. The molecular weight excluding hydrogens is 310 g/mol. The number of benzene rings is 2. The van der Waals surface area contributed by atoms with Gasteiger partial charge in [-0.05, 0) is 30.5 Å². The van der Waals surface area contributed by atoms with E-state index in [2.05, 4.69) is 0 Å². The summed E-state index contributed by atoms with van der Waals surface area (Å²) in [6.07, 6.45) is 0. The fourth-order valence-corrected chi connectivity index (χ4v) is 5.03. The number of rotatable bonds is 3. The van der Waals surface area contributed by atoms with Crippen LogP contribution in [0.3, 0.4) is 0 Å². The van der Waals surface area contributed by atoms with Gasteiger partial charge in [-0.3, -0.25) is 4.79 Å². The number of carbonyl (C=O) groups excluding carboxylic acids is 1. The van der Waals surface area contributed by atoms with Gasteiger partial charge in [0, 0.05) is 12.5 Å². The molecule has 2 fully saturated rings. The third-order valence-corrected chi connectivity index (χ3v) is 6.65. The second-order valence-corrected chi connectivity index (χ2v) is 8.18. The summed E-state index contributed by atoms with van der Waals surface area (Å²) in [5.74, 6) is -0.152. The van der Waals surface area contributed by atoms with Gasteiger partial charge in [-0.1, -0.05) is 48.0 Å². The first-order valence-corrected chi connectivity index (χ1v) is 9.12. The molecule has 4 rings (SSSR count). The number of piperidine rings is 1. The van der Waals surface area contributed by atoms with Crippen molar-refractivity contribution in [2.75, 3.05) is 6.54 Å². The molecule has 2 aromatic carbocycles. The van der Waals surface area contributed by atoms with Crippen LogP contribution in [0.15, 0.2) is 59.5 Å². The smallest absolute Gasteiger partial charge is 0.266 e. The third-order valence-electron chi connectivity index (χ3n) is 4.87. The van der Waals surface area contributed by atoms with Crippen molar-refractivity contribution in [2.45, 2.75) is 17.7 Å². The third kappa shape index (κ3) is 2.18. The molecule has 23 heavy (non-hydrogen) atoms. The number of carbonyl (C=O) groups is 1. The molecule has 3 unspecified atom stereocenters. The first-order chi connectivity index (χ1) is 11.0. The molecule has 1 aliphatic carbocycles. The van der Waals surface area contributed by atoms with Crippen LogP contribution in [0.4, 0.5) is 0 Å². The Labute approximate surface area is 135 Å². The van der Waals surface area contributed by atoms with E-state index < -0.39 is 10.0 Å². The van der Waals surface area contributed by atoms with Gasteiger partial charge in [0.05, 0.1) is 10.8 Å². The van der Waals surface area contributed by atoms with E-state index in [1.165, 1.54) is 0 Å². The number of hydrogen-bond donors (Lipinski definition) is 0. The first-order valence-electron chi connectivity index (χ1n) is 7.68. The van der Waals surface area contributed by atoms with Crippen molar-refractivity contribution in [3.63, 3.8) is 0 Å². The van der Waals surface area contributed by atoms with Gasteiger partial charge in [-0.25, -0.2) is 12.7 Å². The fraction of sp³-hybridized carbons (Fsp3) is 0.278. The quantitative estimate of drug-likeness (QED) is 0.870. The van der Waals surface area contributed by atoms with Crippen molar-refractivity contribution < 1.29 is 13.2 Å². The van der Waals surface area contributed by atoms with Gasteiger partial charge < -0.3 is 0 Å². The summed E-state index contributed by atoms with van der Waals surface area (Å²) in [5.41, 5.74) is 2.12. The van der Waals surface area contributed by atoms with Gasteiger partial charge in [-0.15, -0.1) is 0 Å². The van der Waals surface area contributed by atoms with Gasteiger partial charge in [0.2, 0.25) is 5.91 Å². The highest BCUT2D eigenvalue weighted by atomic mass is 32.2. The van der Waals surface area contributed by atoms with E-state index in [-0.39, 0.29) is 28.6 Å². The molecule has 1 heterocycles. The van der Waals surface area contributed by atoms with Crippen LogP contribution in [0.25, 0.3) is 0 Å². The maximum atomic E-state index is 12.7. The number of amides is 1. The van der Waals surface area contributed by atoms with Crippen LogP contribution in [-0.4, -0.2) is 25.2 Å². The van der Waals surface area contributed by atoms with Crippen molar-refractivity contribution in [2.24, 2.45) is 11.8 Å². The molecule has 5 heteroatoms. The lowest BCUT2D eigenvalue weighted by atomic mass is 10.1. The summed E-state index contributed by atoms with van der Waals surface area (Å²) in [6, 6.07) is 16.5. The van der Waals surface area contributed by atoms with Crippen LogP contribution >= 0.6 is 0 Å². The second-order valence-electron chi connectivity index (χ2n) is 6.31. The zero-order valence-corrected chi connectivity index (χ0v) is 13.5. The van der Waals surface area contributed by atoms with Gasteiger partial charge in [0.25, 0.3) is 10.0 Å². The van der Waals surface area contributed by atoms with E-state index in [0.29, 0.717) is 6.54 Å². The Morgan fingerprint density at radius 1 is 0.957 bits per heavy atom. The molecule has 1 amide bonds. The molecule has 0 aromatic heterocycles. The molecule has 1 aliphatic heterocycles. The molecule has 4 nitrogen and oxygen atoms in total. The minimum atomic E-state index is -3.73. The topological polar surface area (TPSA) is 54.5 Å². The lowest BCUT2D eigenvalue weighted by Crippen LogP contribution is -2.35. The monoisotopic (exact) mass is 327 g/mol. The normalized spacial score (nSPS) is 26.2. The summed E-state index contributed by atoms with van der Waals surface area (Å²) in [6.45, 7) is 2.19. The van der Waals surface area contributed by atoms with E-state index in [1.807, 2.05) is 37.3 Å². The molecular formula is C18H17NO3S. The summed E-state index contributed by atoms with van der Waals surface area (Å²) in [5, 5.41) is 0. The number of sulfonamides is 1. The average Bonchev–Trinajstić information content (AvgIpc) is 3.17. The van der Waals surface area contributed by atoms with Crippen molar-refractivity contribution in [3.05, 3.63) is 65.7 Å². The second kappa shape index (κ2) is 4.93. The summed E-state index contributed by atoms with van der Waals surface area (Å²) in [4.78, 5) is 12.8. The molecule has 2 aromatic rings. The van der Waals surface area contributed by atoms with Gasteiger partial charge in [0.1, 0.15) is 0 Å². The van der Waals surface area contributed by atoms with Crippen LogP contribution in [0.2, 0.25) is 0 Å². The maximum Gasteiger partial charge on any atom is 0.266 e. The molecule has 0 radical (unpaired) electrons. The molecule has 0 N–H and O–H groups in total. The number of fused-ring (bicyclic) bond motifs is 1. The van der Waals surface area contributed by atoms with Crippen molar-refractivity contribution in [1.29, 1.82) is 0 Å². The van der Waals surface area contributed by atoms with Gasteiger partial charge in [-0.2, -0.15) is 0 Å². The molecule has 1 saturated heterocycles. The SMILES string of the molecule is Cc1ccc(S(=O)(=O)N2CC3C(C2=O)C3c2ccccc2)cc1. The standard InChI is InChI=1S/C18H17NO3S/c1-12-7-9-14(10-8-12)23(21,22)19-11-15-16(17(15)18(19)20)13-5-3-2-4-6-13/h2-10,15-17H,11H2,1H3. The molecule has 2 aliphatic rings. The van der Waals surface area contributed by atoms with E-state index >= 15 is 0 Å². The zero-order chi connectivity index (χ0) is 16.2. The average molecular weight is 327 g/mol. The van der Waals surface area contributed by atoms with E-state index in [4.69, 9.17) is 0 Å². The Morgan fingerprint density at radius 3 is 2.17 bits per heavy atom. The van der Waals surface area contributed by atoms with E-state index in [1.54, 1.807) is 24.3 Å². The van der Waals surface area contributed by atoms with Gasteiger partial charge >= 0.3 is 0 Å². The van der Waals surface area contributed by atoms with Crippen molar-refractivity contribution in [1.82, 2.24) is 4.31 Å². The van der Waals surface area contributed by atoms with E-state index in [9.17, 15) is 13.2 Å². The van der Waals surface area contributed by atoms with Crippen LogP contribution in [0.5, 0.6) is 0 Å². The fourth-order valence-electron chi connectivity index (χ4n) is 3.57. The number of nitrogens with zero attached hydrogens (tertiary/aromatic N) is 1. The maximum absolute atomic E-state index is 12.7. The van der Waals surface area contributed by atoms with Crippen LogP contribution in [0, 0.1) is 18.8 Å². The predicted octanol–water partition coefficient (Wildman–Crippen LogP) is 2.56. The minimum absolute atomic E-state index is 0.116. The molecule has 1 saturated carbocycles. The minimum Gasteiger partial charge on any atom is -0.273 e. The van der Waals surface area contributed by atoms with Crippen LogP contribution < -0.4 is 0 Å². The Hall–Kier alpha value is -2.14. The summed E-state index contributed by atoms with van der Waals surface area (Å²) < 4.78 is 26.4. The largest absolute Gasteiger partial charge is 0.273 e. The van der Waals surface area contributed by atoms with E-state index in [0.717, 1.165) is 15.4 Å². The molecule has 3 atom stereocenters. The zero-order valence-electron chi connectivity index (χ0n) is 12.7. The molecule has 0 bridgehead atoms. The van der Waals surface area contributed by atoms with Crippen molar-refractivity contribution in [3.8, 4) is 0 Å². The molecule has 118 valence electrons. The van der Waals surface area contributed by atoms with Gasteiger partial charge in [0.15, 0.2) is 0 Å². The highest BCUT2D eigenvalue weighted by molar-refractivity contribution is 7.89. The molecule has 0 spiro atoms. The summed E-state index contributed by atoms with van der Waals surface area (Å²) in [7, 11) is -3.73. The van der Waals surface area contributed by atoms with Crippen LogP contribution in [0.1, 0.15) is 17.0 Å². The predicted molar refractivity (Wildman–Crippen MR) is 86.2 cm³/mol. The summed E-state index contributed by atoms with van der Waals surface area (Å²) >= 11 is 0.